The van der Waals surface area contributed by atoms with Crippen molar-refractivity contribution < 1.29 is 9.47 Å². The van der Waals surface area contributed by atoms with E-state index in [9.17, 15) is 4.79 Å². The predicted octanol–water partition coefficient (Wildman–Crippen LogP) is 2.24. The minimum Gasteiger partial charge on any atom is -0.486 e. The third-order valence-electron chi connectivity index (χ3n) is 4.87. The highest BCUT2D eigenvalue weighted by atomic mass is 16.6. The van der Waals surface area contributed by atoms with Gasteiger partial charge in [-0.2, -0.15) is 5.10 Å². The maximum atomic E-state index is 12.8. The van der Waals surface area contributed by atoms with Gasteiger partial charge in [-0.25, -0.2) is 4.98 Å². The Labute approximate surface area is 149 Å². The second-order valence-corrected chi connectivity index (χ2v) is 6.57. The van der Waals surface area contributed by atoms with Crippen LogP contribution in [0.1, 0.15) is 24.2 Å². The summed E-state index contributed by atoms with van der Waals surface area (Å²) < 4.78 is 14.7. The molecule has 7 nitrogen and oxygen atoms in total. The van der Waals surface area contributed by atoms with Crippen LogP contribution < -0.4 is 15.0 Å². The smallest absolute Gasteiger partial charge is 0.264 e. The second-order valence-electron chi connectivity index (χ2n) is 6.57. The summed E-state index contributed by atoms with van der Waals surface area (Å²) in [5.41, 5.74) is 2.66. The van der Waals surface area contributed by atoms with E-state index in [0.717, 1.165) is 41.3 Å². The summed E-state index contributed by atoms with van der Waals surface area (Å²) in [4.78, 5) is 17.5. The Balaban J connectivity index is 1.65. The van der Waals surface area contributed by atoms with Gasteiger partial charge in [0.2, 0.25) is 0 Å². The van der Waals surface area contributed by atoms with E-state index >= 15 is 0 Å². The zero-order valence-electron chi connectivity index (χ0n) is 14.4. The molecule has 26 heavy (non-hydrogen) atoms. The van der Waals surface area contributed by atoms with Crippen LogP contribution in [0.2, 0.25) is 0 Å². The maximum absolute atomic E-state index is 12.8. The van der Waals surface area contributed by atoms with Crippen molar-refractivity contribution in [3.8, 4) is 11.5 Å². The molecule has 0 bridgehead atoms. The molecular weight excluding hydrogens is 332 g/mol. The first-order chi connectivity index (χ1) is 12.7. The molecule has 7 heteroatoms. The molecule has 132 valence electrons. The highest BCUT2D eigenvalue weighted by molar-refractivity contribution is 5.83. The lowest BCUT2D eigenvalue weighted by Crippen LogP contribution is -2.27. The van der Waals surface area contributed by atoms with Crippen molar-refractivity contribution in [2.24, 2.45) is 7.05 Å². The summed E-state index contributed by atoms with van der Waals surface area (Å²) in [6.07, 6.45) is 5.47. The molecule has 1 aromatic carbocycles. The number of fused-ring (bicyclic) bond motifs is 3. The van der Waals surface area contributed by atoms with E-state index in [4.69, 9.17) is 14.5 Å². The van der Waals surface area contributed by atoms with Crippen LogP contribution in [0.15, 0.2) is 29.2 Å². The number of rotatable bonds is 1. The van der Waals surface area contributed by atoms with Gasteiger partial charge in [0.05, 0.1) is 6.20 Å². The van der Waals surface area contributed by atoms with Gasteiger partial charge in [0.25, 0.3) is 5.56 Å². The topological polar surface area (TPSA) is 71.2 Å². The second kappa shape index (κ2) is 5.72. The number of aromatic nitrogens is 4. The summed E-state index contributed by atoms with van der Waals surface area (Å²) >= 11 is 0. The van der Waals surface area contributed by atoms with Gasteiger partial charge in [-0.1, -0.05) is 6.07 Å². The SMILES string of the molecule is Cn1ncc2c(=O)n3c(nc21)/C(=C/c1ccc2c(c1)OCCO2)CCC3. The zero-order valence-corrected chi connectivity index (χ0v) is 14.4. The highest BCUT2D eigenvalue weighted by Crippen LogP contribution is 2.33. The standard InChI is InChI=1S/C19H18N4O3/c1-22-18-14(11-20-22)19(24)23-6-2-3-13(17(23)21-18)9-12-4-5-15-16(10-12)26-8-7-25-15/h4-5,9-11H,2-3,6-8H2,1H3/b13-9+. The molecular formula is C19H18N4O3. The average Bonchev–Trinajstić information content (AvgIpc) is 3.04. The number of hydrogen-bond donors (Lipinski definition) is 0. The van der Waals surface area contributed by atoms with Gasteiger partial charge in [-0.3, -0.25) is 14.0 Å². The van der Waals surface area contributed by atoms with E-state index in [0.29, 0.717) is 30.8 Å². The van der Waals surface area contributed by atoms with Crippen LogP contribution in [-0.2, 0) is 13.6 Å². The maximum Gasteiger partial charge on any atom is 0.264 e. The lowest BCUT2D eigenvalue weighted by atomic mass is 10.0. The number of ether oxygens (including phenoxy) is 2. The number of allylic oxidation sites excluding steroid dienone is 1. The molecule has 0 spiro atoms. The van der Waals surface area contributed by atoms with E-state index in [1.807, 2.05) is 18.2 Å². The van der Waals surface area contributed by atoms with Gasteiger partial charge in [0, 0.05) is 13.6 Å². The fraction of sp³-hybridized carbons (Fsp3) is 0.316. The zero-order chi connectivity index (χ0) is 17.7. The molecule has 5 rings (SSSR count). The molecule has 0 saturated heterocycles. The Morgan fingerprint density at radius 2 is 2.04 bits per heavy atom. The number of benzene rings is 1. The summed E-state index contributed by atoms with van der Waals surface area (Å²) in [5.74, 6) is 2.26. The van der Waals surface area contributed by atoms with Crippen LogP contribution >= 0.6 is 0 Å². The molecule has 2 aliphatic heterocycles. The first-order valence-electron chi connectivity index (χ1n) is 8.74. The summed E-state index contributed by atoms with van der Waals surface area (Å²) in [7, 11) is 1.80. The van der Waals surface area contributed by atoms with Gasteiger partial charge in [-0.15, -0.1) is 0 Å². The van der Waals surface area contributed by atoms with Gasteiger partial charge >= 0.3 is 0 Å². The number of hydrogen-bond acceptors (Lipinski definition) is 5. The minimum atomic E-state index is -0.0223. The fourth-order valence-electron chi connectivity index (χ4n) is 3.60. The molecule has 0 N–H and O–H groups in total. The molecule has 2 aliphatic rings. The Morgan fingerprint density at radius 3 is 2.92 bits per heavy atom. The van der Waals surface area contributed by atoms with Crippen molar-refractivity contribution in [3.05, 3.63) is 46.1 Å². The fourth-order valence-corrected chi connectivity index (χ4v) is 3.60. The third-order valence-corrected chi connectivity index (χ3v) is 4.87. The molecule has 3 aromatic rings. The minimum absolute atomic E-state index is 0.0223. The van der Waals surface area contributed by atoms with Gasteiger partial charge < -0.3 is 9.47 Å². The van der Waals surface area contributed by atoms with E-state index < -0.39 is 0 Å². The average molecular weight is 350 g/mol. The van der Waals surface area contributed by atoms with E-state index in [1.165, 1.54) is 0 Å². The number of aryl methyl sites for hydroxylation is 1. The van der Waals surface area contributed by atoms with Crippen LogP contribution in [0.3, 0.4) is 0 Å². The molecule has 0 fully saturated rings. The van der Waals surface area contributed by atoms with Gasteiger partial charge in [0.1, 0.15) is 24.4 Å². The molecule has 0 unspecified atom stereocenters. The molecule has 0 atom stereocenters. The first kappa shape index (κ1) is 15.2. The largest absolute Gasteiger partial charge is 0.486 e. The molecule has 0 amide bonds. The van der Waals surface area contributed by atoms with Crippen molar-refractivity contribution in [1.29, 1.82) is 0 Å². The van der Waals surface area contributed by atoms with Crippen LogP contribution in [0.4, 0.5) is 0 Å². The lowest BCUT2D eigenvalue weighted by Gasteiger charge is -2.21. The van der Waals surface area contributed by atoms with Crippen LogP contribution in [-0.4, -0.2) is 32.5 Å². The number of nitrogens with zero attached hydrogens (tertiary/aromatic N) is 4. The molecule has 4 heterocycles. The lowest BCUT2D eigenvalue weighted by molar-refractivity contribution is 0.171. The van der Waals surface area contributed by atoms with Crippen LogP contribution in [0, 0.1) is 0 Å². The van der Waals surface area contributed by atoms with Gasteiger partial charge in [0.15, 0.2) is 17.1 Å². The Bertz CT molecular complexity index is 1110. The Morgan fingerprint density at radius 1 is 1.19 bits per heavy atom. The summed E-state index contributed by atoms with van der Waals surface area (Å²) in [6, 6.07) is 5.90. The normalized spacial score (nSPS) is 17.5. The molecule has 0 saturated carbocycles. The molecule has 0 aliphatic carbocycles. The van der Waals surface area contributed by atoms with Crippen LogP contribution in [0.5, 0.6) is 11.5 Å². The third kappa shape index (κ3) is 2.31. The monoisotopic (exact) mass is 350 g/mol. The van der Waals surface area contributed by atoms with Crippen molar-refractivity contribution >= 4 is 22.7 Å². The molecule has 2 aromatic heterocycles. The molecule has 0 radical (unpaired) electrons. The Hall–Kier alpha value is -3.09. The first-order valence-corrected chi connectivity index (χ1v) is 8.74. The van der Waals surface area contributed by atoms with Crippen molar-refractivity contribution in [1.82, 2.24) is 19.3 Å². The predicted molar refractivity (Wildman–Crippen MR) is 97.3 cm³/mol. The van der Waals surface area contributed by atoms with Crippen molar-refractivity contribution in [2.75, 3.05) is 13.2 Å². The van der Waals surface area contributed by atoms with E-state index in [2.05, 4.69) is 11.2 Å². The summed E-state index contributed by atoms with van der Waals surface area (Å²) in [6.45, 7) is 1.82. The highest BCUT2D eigenvalue weighted by Gasteiger charge is 2.21. The van der Waals surface area contributed by atoms with Crippen LogP contribution in [0.25, 0.3) is 22.7 Å². The van der Waals surface area contributed by atoms with Gasteiger partial charge in [-0.05, 0) is 42.2 Å². The van der Waals surface area contributed by atoms with Crippen molar-refractivity contribution in [3.63, 3.8) is 0 Å². The summed E-state index contributed by atoms with van der Waals surface area (Å²) in [5, 5.41) is 4.74. The van der Waals surface area contributed by atoms with E-state index in [1.54, 1.807) is 22.5 Å². The quantitative estimate of drug-likeness (QED) is 0.673. The van der Waals surface area contributed by atoms with Crippen molar-refractivity contribution in [2.45, 2.75) is 19.4 Å². The van der Waals surface area contributed by atoms with E-state index in [-0.39, 0.29) is 5.56 Å². The Kier molecular flexibility index (Phi) is 3.34.